The fourth-order valence-electron chi connectivity index (χ4n) is 1.67. The van der Waals surface area contributed by atoms with Crippen molar-refractivity contribution in [2.75, 3.05) is 13.1 Å². The maximum Gasteiger partial charge on any atom is 0.251 e. The summed E-state index contributed by atoms with van der Waals surface area (Å²) in [7, 11) is 0. The van der Waals surface area contributed by atoms with Crippen molar-refractivity contribution < 1.29 is 4.79 Å². The molecule has 0 saturated heterocycles. The number of nitrogens with one attached hydrogen (secondary N) is 2. The predicted octanol–water partition coefficient (Wildman–Crippen LogP) is 2.24. The summed E-state index contributed by atoms with van der Waals surface area (Å²) in [5.74, 6) is 0.00129. The molecule has 17 heavy (non-hydrogen) atoms. The molecule has 1 aliphatic rings. The lowest BCUT2D eigenvalue weighted by molar-refractivity contribution is 0.0953. The van der Waals surface area contributed by atoms with E-state index < -0.39 is 0 Å². The van der Waals surface area contributed by atoms with Gasteiger partial charge in [-0.05, 0) is 37.5 Å². The van der Waals surface area contributed by atoms with Crippen molar-refractivity contribution in [1.29, 1.82) is 0 Å². The molecule has 4 heteroatoms. The second-order valence-electron chi connectivity index (χ2n) is 4.44. The van der Waals surface area contributed by atoms with Gasteiger partial charge in [0.25, 0.3) is 5.91 Å². The molecule has 1 saturated carbocycles. The monoisotopic (exact) mass is 296 g/mol. The van der Waals surface area contributed by atoms with Crippen LogP contribution in [-0.4, -0.2) is 25.0 Å². The van der Waals surface area contributed by atoms with E-state index in [1.807, 2.05) is 25.1 Å². The lowest BCUT2D eigenvalue weighted by Gasteiger charge is -2.08. The molecule has 3 nitrogen and oxygen atoms in total. The van der Waals surface area contributed by atoms with E-state index in [2.05, 4.69) is 26.6 Å². The van der Waals surface area contributed by atoms with E-state index in [1.54, 1.807) is 0 Å². The molecule has 1 aromatic carbocycles. The van der Waals surface area contributed by atoms with Crippen molar-refractivity contribution in [2.24, 2.45) is 0 Å². The van der Waals surface area contributed by atoms with Gasteiger partial charge in [0.15, 0.2) is 0 Å². The standard InChI is InChI=1S/C13H17BrN2O/c1-9-2-3-10(14)8-12(9)13(17)16-7-6-15-11-4-5-11/h2-3,8,11,15H,4-7H2,1H3,(H,16,17). The van der Waals surface area contributed by atoms with E-state index in [1.165, 1.54) is 12.8 Å². The number of amides is 1. The van der Waals surface area contributed by atoms with Crippen LogP contribution in [0.25, 0.3) is 0 Å². The molecule has 0 radical (unpaired) electrons. The maximum absolute atomic E-state index is 11.9. The molecule has 0 heterocycles. The van der Waals surface area contributed by atoms with Crippen molar-refractivity contribution in [1.82, 2.24) is 10.6 Å². The third-order valence-electron chi connectivity index (χ3n) is 2.87. The molecular weight excluding hydrogens is 280 g/mol. The smallest absolute Gasteiger partial charge is 0.251 e. The molecule has 0 atom stereocenters. The van der Waals surface area contributed by atoms with E-state index in [0.717, 1.165) is 22.1 Å². The molecule has 1 amide bonds. The average Bonchev–Trinajstić information content (AvgIpc) is 3.11. The largest absolute Gasteiger partial charge is 0.351 e. The highest BCUT2D eigenvalue weighted by Crippen LogP contribution is 2.18. The van der Waals surface area contributed by atoms with Crippen LogP contribution in [0, 0.1) is 6.92 Å². The Morgan fingerprint density at radius 1 is 1.41 bits per heavy atom. The van der Waals surface area contributed by atoms with Crippen LogP contribution in [-0.2, 0) is 0 Å². The molecule has 2 N–H and O–H groups in total. The van der Waals surface area contributed by atoms with E-state index >= 15 is 0 Å². The Kier molecular flexibility index (Phi) is 4.18. The Labute approximate surface area is 110 Å². The number of benzene rings is 1. The Morgan fingerprint density at radius 2 is 2.18 bits per heavy atom. The second kappa shape index (κ2) is 5.65. The molecule has 0 spiro atoms. The number of hydrogen-bond donors (Lipinski definition) is 2. The molecule has 2 rings (SSSR count). The lowest BCUT2D eigenvalue weighted by atomic mass is 10.1. The van der Waals surface area contributed by atoms with Gasteiger partial charge >= 0.3 is 0 Å². The molecule has 0 unspecified atom stereocenters. The van der Waals surface area contributed by atoms with Crippen molar-refractivity contribution in [3.63, 3.8) is 0 Å². The zero-order valence-electron chi connectivity index (χ0n) is 9.92. The van der Waals surface area contributed by atoms with Crippen molar-refractivity contribution >= 4 is 21.8 Å². The number of carbonyl (C=O) groups excluding carboxylic acids is 1. The molecule has 0 bridgehead atoms. The summed E-state index contributed by atoms with van der Waals surface area (Å²) in [6, 6.07) is 6.45. The van der Waals surface area contributed by atoms with Gasteiger partial charge < -0.3 is 10.6 Å². The SMILES string of the molecule is Cc1ccc(Br)cc1C(=O)NCCNC1CC1. The Balaban J connectivity index is 1.82. The number of halogens is 1. The summed E-state index contributed by atoms with van der Waals surface area (Å²) < 4.78 is 0.935. The van der Waals surface area contributed by atoms with E-state index in [4.69, 9.17) is 0 Å². The molecule has 0 aromatic heterocycles. The van der Waals surface area contributed by atoms with Gasteiger partial charge in [-0.25, -0.2) is 0 Å². The van der Waals surface area contributed by atoms with Gasteiger partial charge in [-0.1, -0.05) is 22.0 Å². The first-order chi connectivity index (χ1) is 8.16. The second-order valence-corrected chi connectivity index (χ2v) is 5.36. The first-order valence-electron chi connectivity index (χ1n) is 5.94. The lowest BCUT2D eigenvalue weighted by Crippen LogP contribution is -2.32. The van der Waals surface area contributed by atoms with Crippen molar-refractivity contribution in [3.05, 3.63) is 33.8 Å². The average molecular weight is 297 g/mol. The van der Waals surface area contributed by atoms with Crippen LogP contribution in [0.15, 0.2) is 22.7 Å². The van der Waals surface area contributed by atoms with Crippen LogP contribution < -0.4 is 10.6 Å². The highest BCUT2D eigenvalue weighted by Gasteiger charge is 2.19. The normalized spacial score (nSPS) is 14.7. The Hall–Kier alpha value is -0.870. The van der Waals surface area contributed by atoms with Gasteiger partial charge in [0.05, 0.1) is 0 Å². The van der Waals surface area contributed by atoms with Crippen molar-refractivity contribution in [2.45, 2.75) is 25.8 Å². The number of rotatable bonds is 5. The van der Waals surface area contributed by atoms with Crippen LogP contribution in [0.4, 0.5) is 0 Å². The summed E-state index contributed by atoms with van der Waals surface area (Å²) in [5, 5.41) is 6.29. The highest BCUT2D eigenvalue weighted by molar-refractivity contribution is 9.10. The minimum absolute atomic E-state index is 0.00129. The summed E-state index contributed by atoms with van der Waals surface area (Å²) >= 11 is 3.38. The minimum Gasteiger partial charge on any atom is -0.351 e. The third kappa shape index (κ3) is 3.82. The first kappa shape index (κ1) is 12.6. The Morgan fingerprint density at radius 3 is 2.88 bits per heavy atom. The fourth-order valence-corrected chi connectivity index (χ4v) is 2.03. The zero-order chi connectivity index (χ0) is 12.3. The van der Waals surface area contributed by atoms with E-state index in [0.29, 0.717) is 12.6 Å². The Bertz CT molecular complexity index is 416. The molecule has 0 aliphatic heterocycles. The van der Waals surface area contributed by atoms with Gasteiger partial charge in [-0.2, -0.15) is 0 Å². The zero-order valence-corrected chi connectivity index (χ0v) is 11.5. The molecule has 1 fully saturated rings. The van der Waals surface area contributed by atoms with Crippen LogP contribution in [0.3, 0.4) is 0 Å². The fraction of sp³-hybridized carbons (Fsp3) is 0.462. The van der Waals surface area contributed by atoms with E-state index in [9.17, 15) is 4.79 Å². The van der Waals surface area contributed by atoms with Crippen LogP contribution in [0.1, 0.15) is 28.8 Å². The molecule has 1 aliphatic carbocycles. The molecule has 1 aromatic rings. The van der Waals surface area contributed by atoms with Crippen LogP contribution in [0.2, 0.25) is 0 Å². The number of aryl methyl sites for hydroxylation is 1. The van der Waals surface area contributed by atoms with E-state index in [-0.39, 0.29) is 5.91 Å². The minimum atomic E-state index is 0.00129. The van der Waals surface area contributed by atoms with Crippen LogP contribution >= 0.6 is 15.9 Å². The third-order valence-corrected chi connectivity index (χ3v) is 3.36. The number of hydrogen-bond acceptors (Lipinski definition) is 2. The van der Waals surface area contributed by atoms with Gasteiger partial charge in [0, 0.05) is 29.2 Å². The number of carbonyl (C=O) groups is 1. The summed E-state index contributed by atoms with van der Waals surface area (Å²) in [6.45, 7) is 3.48. The predicted molar refractivity (Wildman–Crippen MR) is 72.2 cm³/mol. The van der Waals surface area contributed by atoms with Gasteiger partial charge in [-0.3, -0.25) is 4.79 Å². The first-order valence-corrected chi connectivity index (χ1v) is 6.74. The maximum atomic E-state index is 11.9. The van der Waals surface area contributed by atoms with Crippen molar-refractivity contribution in [3.8, 4) is 0 Å². The summed E-state index contributed by atoms with van der Waals surface area (Å²) in [4.78, 5) is 11.9. The summed E-state index contributed by atoms with van der Waals surface area (Å²) in [6.07, 6.45) is 2.55. The van der Waals surface area contributed by atoms with Crippen LogP contribution in [0.5, 0.6) is 0 Å². The topological polar surface area (TPSA) is 41.1 Å². The molecular formula is C13H17BrN2O. The highest BCUT2D eigenvalue weighted by atomic mass is 79.9. The summed E-state index contributed by atoms with van der Waals surface area (Å²) in [5.41, 5.74) is 1.74. The van der Waals surface area contributed by atoms with Gasteiger partial charge in [0.1, 0.15) is 0 Å². The molecule has 92 valence electrons. The van der Waals surface area contributed by atoms with Gasteiger partial charge in [-0.15, -0.1) is 0 Å². The van der Waals surface area contributed by atoms with Gasteiger partial charge in [0.2, 0.25) is 0 Å². The quantitative estimate of drug-likeness (QED) is 0.818.